The van der Waals surface area contributed by atoms with Gasteiger partial charge in [-0.05, 0) is 42.0 Å². The van der Waals surface area contributed by atoms with Gasteiger partial charge >= 0.3 is 5.97 Å². The summed E-state index contributed by atoms with van der Waals surface area (Å²) in [6, 6.07) is 12.5. The summed E-state index contributed by atoms with van der Waals surface area (Å²) in [5.74, 6) is -0.777. The van der Waals surface area contributed by atoms with Crippen LogP contribution < -0.4 is 5.32 Å². The fourth-order valence-electron chi connectivity index (χ4n) is 1.76. The van der Waals surface area contributed by atoms with Crippen molar-refractivity contribution in [3.05, 3.63) is 64.4 Å². The lowest BCUT2D eigenvalue weighted by Crippen LogP contribution is -2.22. The number of esters is 1. The first-order valence-electron chi connectivity index (χ1n) is 5.95. The van der Waals surface area contributed by atoms with Gasteiger partial charge in [-0.3, -0.25) is 0 Å². The topological polar surface area (TPSA) is 38.3 Å². The van der Waals surface area contributed by atoms with Crippen LogP contribution in [-0.4, -0.2) is 13.1 Å². The summed E-state index contributed by atoms with van der Waals surface area (Å²) in [6.07, 6.45) is 0. The highest BCUT2D eigenvalue weighted by Gasteiger charge is 2.21. The van der Waals surface area contributed by atoms with Crippen molar-refractivity contribution in [1.82, 2.24) is 0 Å². The molecule has 1 N–H and O–H groups in total. The van der Waals surface area contributed by atoms with Crippen LogP contribution in [0.1, 0.15) is 11.6 Å². The Labute approximate surface area is 124 Å². The number of carbonyl (C=O) groups is 1. The van der Waals surface area contributed by atoms with Crippen molar-refractivity contribution in [1.29, 1.82) is 0 Å². The minimum atomic E-state index is -0.679. The smallest absolute Gasteiger partial charge is 0.332 e. The summed E-state index contributed by atoms with van der Waals surface area (Å²) in [5.41, 5.74) is 1.41. The van der Waals surface area contributed by atoms with E-state index in [0.717, 1.165) is 10.2 Å². The van der Waals surface area contributed by atoms with E-state index in [-0.39, 0.29) is 5.82 Å². The molecule has 0 saturated heterocycles. The van der Waals surface area contributed by atoms with Gasteiger partial charge in [0.05, 0.1) is 7.11 Å². The predicted octanol–water partition coefficient (Wildman–Crippen LogP) is 3.91. The number of benzene rings is 2. The molecular formula is C15H13BrFNO2. The molecule has 0 spiro atoms. The average molecular weight is 338 g/mol. The number of rotatable bonds is 4. The maximum absolute atomic E-state index is 13.0. The second-order valence-corrected chi connectivity index (χ2v) is 5.07. The van der Waals surface area contributed by atoms with Crippen molar-refractivity contribution in [2.24, 2.45) is 0 Å². The monoisotopic (exact) mass is 337 g/mol. The molecule has 3 nitrogen and oxygen atoms in total. The van der Waals surface area contributed by atoms with Crippen molar-refractivity contribution in [3.63, 3.8) is 0 Å². The molecule has 0 fully saturated rings. The zero-order chi connectivity index (χ0) is 14.5. The maximum Gasteiger partial charge on any atom is 0.332 e. The molecule has 0 aliphatic heterocycles. The maximum atomic E-state index is 13.0. The second kappa shape index (κ2) is 6.52. The third-order valence-corrected chi connectivity index (χ3v) is 3.32. The van der Waals surface area contributed by atoms with Crippen molar-refractivity contribution in [2.45, 2.75) is 6.04 Å². The molecule has 0 aliphatic carbocycles. The Balaban J connectivity index is 2.26. The molecule has 0 bridgehead atoms. The van der Waals surface area contributed by atoms with Crippen LogP contribution in [0.15, 0.2) is 53.0 Å². The van der Waals surface area contributed by atoms with E-state index in [4.69, 9.17) is 4.74 Å². The Bertz CT molecular complexity index is 584. The van der Waals surface area contributed by atoms with E-state index >= 15 is 0 Å². The largest absolute Gasteiger partial charge is 0.467 e. The fraction of sp³-hybridized carbons (Fsp3) is 0.133. The van der Waals surface area contributed by atoms with E-state index in [9.17, 15) is 9.18 Å². The van der Waals surface area contributed by atoms with Crippen LogP contribution in [0.25, 0.3) is 0 Å². The Morgan fingerprint density at radius 3 is 2.30 bits per heavy atom. The van der Waals surface area contributed by atoms with Gasteiger partial charge in [-0.25, -0.2) is 9.18 Å². The highest BCUT2D eigenvalue weighted by atomic mass is 79.9. The van der Waals surface area contributed by atoms with Gasteiger partial charge in [0.15, 0.2) is 6.04 Å². The first-order valence-corrected chi connectivity index (χ1v) is 6.75. The average Bonchev–Trinajstić information content (AvgIpc) is 2.47. The van der Waals surface area contributed by atoms with E-state index in [1.54, 1.807) is 12.1 Å². The van der Waals surface area contributed by atoms with Crippen LogP contribution in [0.2, 0.25) is 0 Å². The Morgan fingerprint density at radius 2 is 1.75 bits per heavy atom. The number of carbonyl (C=O) groups excluding carboxylic acids is 1. The number of nitrogens with one attached hydrogen (secondary N) is 1. The minimum Gasteiger partial charge on any atom is -0.467 e. The van der Waals surface area contributed by atoms with Crippen LogP contribution in [0.4, 0.5) is 10.1 Å². The first-order chi connectivity index (χ1) is 9.60. The summed E-state index contributed by atoms with van der Waals surface area (Å²) in [6.45, 7) is 0. The highest BCUT2D eigenvalue weighted by Crippen LogP contribution is 2.22. The van der Waals surface area contributed by atoms with Gasteiger partial charge in [-0.15, -0.1) is 0 Å². The Hall–Kier alpha value is -1.88. The van der Waals surface area contributed by atoms with Crippen molar-refractivity contribution >= 4 is 27.6 Å². The molecule has 0 aliphatic rings. The summed E-state index contributed by atoms with van der Waals surface area (Å²) >= 11 is 3.35. The molecule has 2 rings (SSSR count). The van der Waals surface area contributed by atoms with Gasteiger partial charge in [0.25, 0.3) is 0 Å². The normalized spacial score (nSPS) is 11.8. The fourth-order valence-corrected chi connectivity index (χ4v) is 2.03. The third kappa shape index (κ3) is 3.57. The van der Waals surface area contributed by atoms with Crippen LogP contribution in [0, 0.1) is 5.82 Å². The quantitative estimate of drug-likeness (QED) is 0.859. The van der Waals surface area contributed by atoms with E-state index in [1.165, 1.54) is 19.2 Å². The van der Waals surface area contributed by atoms with Crippen molar-refractivity contribution < 1.29 is 13.9 Å². The number of methoxy groups -OCH3 is 1. The molecule has 0 amide bonds. The number of anilines is 1. The zero-order valence-electron chi connectivity index (χ0n) is 10.8. The molecule has 2 aromatic carbocycles. The lowest BCUT2D eigenvalue weighted by molar-refractivity contribution is -0.141. The molecule has 20 heavy (non-hydrogen) atoms. The standard InChI is InChI=1S/C15H13BrFNO2/c1-20-15(19)14(10-2-6-12(17)7-3-10)18-13-8-4-11(16)5-9-13/h2-9,14,18H,1H3. The van der Waals surface area contributed by atoms with Crippen LogP contribution in [0.3, 0.4) is 0 Å². The second-order valence-electron chi connectivity index (χ2n) is 4.16. The molecule has 0 radical (unpaired) electrons. The van der Waals surface area contributed by atoms with Gasteiger partial charge in [-0.2, -0.15) is 0 Å². The van der Waals surface area contributed by atoms with Crippen LogP contribution >= 0.6 is 15.9 Å². The van der Waals surface area contributed by atoms with Crippen molar-refractivity contribution in [3.8, 4) is 0 Å². The molecule has 2 aromatic rings. The molecule has 0 heterocycles. The van der Waals surface area contributed by atoms with Gasteiger partial charge in [0, 0.05) is 10.2 Å². The molecule has 1 unspecified atom stereocenters. The molecular weight excluding hydrogens is 325 g/mol. The minimum absolute atomic E-state index is 0.346. The third-order valence-electron chi connectivity index (χ3n) is 2.80. The van der Waals surface area contributed by atoms with E-state index in [0.29, 0.717) is 5.56 Å². The molecule has 104 valence electrons. The highest BCUT2D eigenvalue weighted by molar-refractivity contribution is 9.10. The lowest BCUT2D eigenvalue weighted by Gasteiger charge is -2.18. The molecule has 5 heteroatoms. The molecule has 0 saturated carbocycles. The van der Waals surface area contributed by atoms with Crippen molar-refractivity contribution in [2.75, 3.05) is 12.4 Å². The van der Waals surface area contributed by atoms with Gasteiger partial charge in [0.2, 0.25) is 0 Å². The lowest BCUT2D eigenvalue weighted by atomic mass is 10.1. The summed E-state index contributed by atoms with van der Waals surface area (Å²) < 4.78 is 18.7. The summed E-state index contributed by atoms with van der Waals surface area (Å²) in [4.78, 5) is 11.9. The zero-order valence-corrected chi connectivity index (χ0v) is 12.4. The van der Waals surface area contributed by atoms with E-state index in [1.807, 2.05) is 24.3 Å². The van der Waals surface area contributed by atoms with Gasteiger partial charge in [-0.1, -0.05) is 28.1 Å². The van der Waals surface area contributed by atoms with Crippen LogP contribution in [-0.2, 0) is 9.53 Å². The molecule has 0 aromatic heterocycles. The number of hydrogen-bond acceptors (Lipinski definition) is 3. The molecule has 1 atom stereocenters. The predicted molar refractivity (Wildman–Crippen MR) is 78.9 cm³/mol. The van der Waals surface area contributed by atoms with E-state index < -0.39 is 12.0 Å². The van der Waals surface area contributed by atoms with Crippen LogP contribution in [0.5, 0.6) is 0 Å². The first kappa shape index (κ1) is 14.5. The summed E-state index contributed by atoms with van der Waals surface area (Å²) in [5, 5.41) is 3.07. The van der Waals surface area contributed by atoms with Gasteiger partial charge < -0.3 is 10.1 Å². The number of hydrogen-bond donors (Lipinski definition) is 1. The number of ether oxygens (including phenoxy) is 1. The SMILES string of the molecule is COC(=O)C(Nc1ccc(Br)cc1)c1ccc(F)cc1. The Morgan fingerprint density at radius 1 is 1.15 bits per heavy atom. The summed E-state index contributed by atoms with van der Waals surface area (Å²) in [7, 11) is 1.32. The van der Waals surface area contributed by atoms with E-state index in [2.05, 4.69) is 21.2 Å². The number of halogens is 2. The van der Waals surface area contributed by atoms with Gasteiger partial charge in [0.1, 0.15) is 5.82 Å². The Kier molecular flexibility index (Phi) is 4.74.